The van der Waals surface area contributed by atoms with E-state index in [-0.39, 0.29) is 55.5 Å². The Morgan fingerprint density at radius 1 is 1.16 bits per heavy atom. The Labute approximate surface area is 286 Å². The molecule has 1 fully saturated rings. The second-order valence-electron chi connectivity index (χ2n) is 11.6. The van der Waals surface area contributed by atoms with Gasteiger partial charge in [-0.3, -0.25) is 9.59 Å². The highest BCUT2D eigenvalue weighted by molar-refractivity contribution is 7.20. The van der Waals surface area contributed by atoms with Gasteiger partial charge in [-0.15, -0.1) is 11.3 Å². The number of anilines is 2. The van der Waals surface area contributed by atoms with Crippen LogP contribution >= 0.6 is 11.3 Å². The summed E-state index contributed by atoms with van der Waals surface area (Å²) in [6, 6.07) is 8.86. The Hall–Kier alpha value is -4.52. The summed E-state index contributed by atoms with van der Waals surface area (Å²) < 4.78 is 52.2. The quantitative estimate of drug-likeness (QED) is 0.124. The molecule has 0 spiro atoms. The maximum atomic E-state index is 13.7. The molecule has 11 nitrogen and oxygen atoms in total. The molecule has 6 N–H and O–H groups in total. The molecular weight excluding hydrogens is 663 g/mol. The lowest BCUT2D eigenvalue weighted by Gasteiger charge is -2.30. The van der Waals surface area contributed by atoms with Crippen LogP contribution in [0.2, 0.25) is 0 Å². The number of nitrogens with zero attached hydrogens (tertiary/aromatic N) is 1. The highest BCUT2D eigenvalue weighted by atomic mass is 32.1. The smallest absolute Gasteiger partial charge is 0.393 e. The fourth-order valence-corrected chi connectivity index (χ4v) is 6.57. The average Bonchev–Trinajstić information content (AvgIpc) is 3.41. The molecule has 2 amide bonds. The van der Waals surface area contributed by atoms with Gasteiger partial charge in [-0.1, -0.05) is 24.0 Å². The molecule has 0 bridgehead atoms. The molecular formula is C34H40F3N5O6S. The number of primary amides is 1. The zero-order valence-corrected chi connectivity index (χ0v) is 28.1. The second kappa shape index (κ2) is 17.2. The van der Waals surface area contributed by atoms with Crippen LogP contribution in [0.1, 0.15) is 46.5 Å². The van der Waals surface area contributed by atoms with Gasteiger partial charge in [0.05, 0.1) is 47.6 Å². The summed E-state index contributed by atoms with van der Waals surface area (Å²) >= 11 is 1.23. The van der Waals surface area contributed by atoms with Gasteiger partial charge >= 0.3 is 12.1 Å². The van der Waals surface area contributed by atoms with Crippen molar-refractivity contribution >= 4 is 50.6 Å². The zero-order chi connectivity index (χ0) is 35.6. The Morgan fingerprint density at radius 2 is 1.92 bits per heavy atom. The Kier molecular flexibility index (Phi) is 13.1. The maximum Gasteiger partial charge on any atom is 0.393 e. The molecule has 3 aromatic rings. The summed E-state index contributed by atoms with van der Waals surface area (Å²) in [6.07, 6.45) is -3.86. The Balaban J connectivity index is 1.53. The lowest BCUT2D eigenvalue weighted by Crippen LogP contribution is -2.42. The maximum absolute atomic E-state index is 13.7. The number of likely N-dealkylation sites (tertiary alicyclic amines) is 1. The summed E-state index contributed by atoms with van der Waals surface area (Å²) in [4.78, 5) is 38.9. The number of esters is 1. The van der Waals surface area contributed by atoms with E-state index in [0.29, 0.717) is 16.0 Å². The molecule has 1 aliphatic rings. The van der Waals surface area contributed by atoms with Crippen LogP contribution in [-0.2, 0) is 20.7 Å². The number of carbonyl (C=O) groups is 3. The number of ether oxygens (including phenoxy) is 2. The minimum Gasteiger partial charge on any atom is -0.489 e. The number of rotatable bonds is 14. The highest BCUT2D eigenvalue weighted by Gasteiger charge is 2.31. The van der Waals surface area contributed by atoms with Crippen LogP contribution in [0, 0.1) is 11.8 Å². The molecule has 1 unspecified atom stereocenters. The number of methoxy groups -OCH3 is 1. The van der Waals surface area contributed by atoms with E-state index in [1.807, 2.05) is 6.07 Å². The molecule has 1 aliphatic heterocycles. The number of halogens is 3. The SMILES string of the molecule is COC(=O)C(CCC(N)=O)NC(=O)c1ccc(NCC#Cc2sc3c(NC4CCN(C)CC4)cccc3c2CC(F)(F)F)c(OCCO)c1. The number of benzene rings is 2. The first-order valence-corrected chi connectivity index (χ1v) is 16.5. The van der Waals surface area contributed by atoms with Crippen LogP contribution in [0.15, 0.2) is 36.4 Å². The summed E-state index contributed by atoms with van der Waals surface area (Å²) in [7, 11) is 3.22. The molecule has 0 saturated carbocycles. The van der Waals surface area contributed by atoms with E-state index in [2.05, 4.69) is 39.7 Å². The van der Waals surface area contributed by atoms with Crippen LogP contribution in [-0.4, -0.2) is 93.1 Å². The van der Waals surface area contributed by atoms with Gasteiger partial charge in [-0.25, -0.2) is 4.79 Å². The molecule has 0 radical (unpaired) electrons. The van der Waals surface area contributed by atoms with Gasteiger partial charge < -0.3 is 41.2 Å². The first-order chi connectivity index (χ1) is 23.4. The molecule has 264 valence electrons. The largest absolute Gasteiger partial charge is 0.489 e. The van der Waals surface area contributed by atoms with E-state index >= 15 is 0 Å². The van der Waals surface area contributed by atoms with Gasteiger partial charge in [0.1, 0.15) is 18.4 Å². The van der Waals surface area contributed by atoms with Gasteiger partial charge in [0.15, 0.2) is 0 Å². The number of aliphatic hydroxyl groups is 1. The number of thiophene rings is 1. The average molecular weight is 704 g/mol. The van der Waals surface area contributed by atoms with Gasteiger partial charge in [0, 0.05) is 18.0 Å². The fraction of sp³-hybridized carbons (Fsp3) is 0.441. The molecule has 49 heavy (non-hydrogen) atoms. The van der Waals surface area contributed by atoms with Crippen molar-refractivity contribution < 1.29 is 42.1 Å². The first-order valence-electron chi connectivity index (χ1n) is 15.7. The summed E-state index contributed by atoms with van der Waals surface area (Å²) in [5, 5.41) is 19.0. The van der Waals surface area contributed by atoms with E-state index in [1.54, 1.807) is 12.1 Å². The van der Waals surface area contributed by atoms with Gasteiger partial charge in [0.25, 0.3) is 5.91 Å². The number of hydrogen-bond acceptors (Lipinski definition) is 10. The standard InChI is InChI=1S/C34H40F3N5O6S/c1-42-15-12-22(13-16-42)40-26-6-3-5-23-24(20-34(35,36)37)29(49-31(23)26)7-4-14-39-25-9-8-21(19-28(25)48-18-17-43)32(45)41-27(33(46)47-2)10-11-30(38)44/h3,5-6,8-9,19,22,27,39-40,43H,10-18,20H2,1-2H3,(H2,38,44)(H,41,45). The van der Waals surface area contributed by atoms with Crippen molar-refractivity contribution in [2.75, 3.05) is 57.6 Å². The molecule has 0 aliphatic carbocycles. The number of fused-ring (bicyclic) bond motifs is 1. The third-order valence-electron chi connectivity index (χ3n) is 7.91. The molecule has 2 heterocycles. The monoisotopic (exact) mass is 703 g/mol. The van der Waals surface area contributed by atoms with E-state index < -0.39 is 36.4 Å². The van der Waals surface area contributed by atoms with E-state index in [4.69, 9.17) is 15.2 Å². The van der Waals surface area contributed by atoms with E-state index in [0.717, 1.165) is 43.4 Å². The van der Waals surface area contributed by atoms with Gasteiger partial charge in [0.2, 0.25) is 5.91 Å². The molecule has 1 atom stereocenters. The van der Waals surface area contributed by atoms with Crippen molar-refractivity contribution in [3.05, 3.63) is 52.4 Å². The van der Waals surface area contributed by atoms with Gasteiger partial charge in [-0.2, -0.15) is 13.2 Å². The van der Waals surface area contributed by atoms with Crippen molar-refractivity contribution in [2.45, 2.75) is 50.4 Å². The van der Waals surface area contributed by atoms with Crippen LogP contribution in [0.5, 0.6) is 5.75 Å². The molecule has 4 rings (SSSR count). The predicted molar refractivity (Wildman–Crippen MR) is 182 cm³/mol. The molecule has 1 aromatic heterocycles. The number of nitrogens with one attached hydrogen (secondary N) is 3. The van der Waals surface area contributed by atoms with E-state index in [9.17, 15) is 32.7 Å². The number of carbonyl (C=O) groups excluding carboxylic acids is 3. The zero-order valence-electron chi connectivity index (χ0n) is 27.2. The third-order valence-corrected chi connectivity index (χ3v) is 9.10. The van der Waals surface area contributed by atoms with Crippen molar-refractivity contribution in [3.8, 4) is 17.6 Å². The molecule has 1 saturated heterocycles. The van der Waals surface area contributed by atoms with E-state index in [1.165, 1.54) is 29.5 Å². The number of alkyl halides is 3. The van der Waals surface area contributed by atoms with Crippen LogP contribution in [0.4, 0.5) is 24.5 Å². The summed E-state index contributed by atoms with van der Waals surface area (Å²) in [5.41, 5.74) is 6.63. The second-order valence-corrected chi connectivity index (χ2v) is 12.6. The number of aliphatic hydroxyl groups excluding tert-OH is 1. The topological polar surface area (TPSA) is 155 Å². The predicted octanol–water partition coefficient (Wildman–Crippen LogP) is 3.88. The normalized spacial score (nSPS) is 14.4. The number of amides is 2. The summed E-state index contributed by atoms with van der Waals surface area (Å²) in [5.74, 6) is 4.01. The minimum atomic E-state index is -4.42. The van der Waals surface area contributed by atoms with Crippen LogP contribution in [0.25, 0.3) is 10.1 Å². The lowest BCUT2D eigenvalue weighted by atomic mass is 10.0. The van der Waals surface area contributed by atoms with Crippen molar-refractivity contribution in [3.63, 3.8) is 0 Å². The molecule has 15 heteroatoms. The van der Waals surface area contributed by atoms with Crippen molar-refractivity contribution in [1.82, 2.24) is 10.2 Å². The Morgan fingerprint density at radius 3 is 2.59 bits per heavy atom. The number of piperidine rings is 1. The fourth-order valence-electron chi connectivity index (χ4n) is 5.40. The summed E-state index contributed by atoms with van der Waals surface area (Å²) in [6.45, 7) is 1.51. The van der Waals surface area contributed by atoms with Gasteiger partial charge in [-0.05, 0) is 74.6 Å². The number of hydrogen-bond donors (Lipinski definition) is 5. The molecule has 2 aromatic carbocycles. The minimum absolute atomic E-state index is 0.0267. The lowest BCUT2D eigenvalue weighted by molar-refractivity contribution is -0.143. The Bertz CT molecular complexity index is 1690. The van der Waals surface area contributed by atoms with Crippen molar-refractivity contribution in [2.24, 2.45) is 5.73 Å². The van der Waals surface area contributed by atoms with Crippen LogP contribution < -0.4 is 26.4 Å². The van der Waals surface area contributed by atoms with Crippen LogP contribution in [0.3, 0.4) is 0 Å². The highest BCUT2D eigenvalue weighted by Crippen LogP contribution is 2.39. The number of nitrogens with two attached hydrogens (primary N) is 1. The third kappa shape index (κ3) is 10.7. The van der Waals surface area contributed by atoms with Crippen molar-refractivity contribution in [1.29, 1.82) is 0 Å². The first kappa shape index (κ1) is 37.3.